The van der Waals surface area contributed by atoms with Crippen molar-refractivity contribution in [1.82, 2.24) is 0 Å². The molecule has 0 saturated heterocycles. The summed E-state index contributed by atoms with van der Waals surface area (Å²) in [4.78, 5) is 21.1. The smallest absolute Gasteiger partial charge is 0.0452 e. The second kappa shape index (κ2) is 5.30. The number of hydrogen-bond donors (Lipinski definition) is 0. The van der Waals surface area contributed by atoms with E-state index >= 15 is 0 Å². The van der Waals surface area contributed by atoms with Crippen molar-refractivity contribution < 1.29 is 19.8 Å². The van der Waals surface area contributed by atoms with Gasteiger partial charge in [-0.25, -0.2) is 0 Å². The maximum atomic E-state index is 10.7. The van der Waals surface area contributed by atoms with Crippen molar-refractivity contribution in [3.05, 3.63) is 35.4 Å². The van der Waals surface area contributed by atoms with E-state index < -0.39 is 24.3 Å². The molecule has 1 aromatic rings. The highest BCUT2D eigenvalue weighted by Crippen LogP contribution is 2.13. The first-order valence-corrected chi connectivity index (χ1v) is 4.95. The molecule has 0 saturated carbocycles. The molecule has 0 amide bonds. The van der Waals surface area contributed by atoms with Crippen LogP contribution < -0.4 is 10.2 Å². The third-order valence-corrected chi connectivity index (χ3v) is 2.31. The second-order valence-corrected chi connectivity index (χ2v) is 3.79. The van der Waals surface area contributed by atoms with Gasteiger partial charge in [-0.1, -0.05) is 29.8 Å². The highest BCUT2D eigenvalue weighted by atomic mass is 16.4. The van der Waals surface area contributed by atoms with Crippen molar-refractivity contribution in [3.63, 3.8) is 0 Å². The molecule has 4 nitrogen and oxygen atoms in total. The Bertz CT molecular complexity index is 398. The van der Waals surface area contributed by atoms with Crippen LogP contribution in [0.15, 0.2) is 24.3 Å². The predicted molar refractivity (Wildman–Crippen MR) is 53.0 cm³/mol. The van der Waals surface area contributed by atoms with Crippen LogP contribution in [0.25, 0.3) is 0 Å². The minimum absolute atomic E-state index is 0.151. The van der Waals surface area contributed by atoms with Gasteiger partial charge >= 0.3 is 0 Å². The normalized spacial score (nSPS) is 12.1. The molecule has 1 aromatic carbocycles. The molecule has 16 heavy (non-hydrogen) atoms. The molecule has 0 N–H and O–H groups in total. The molecule has 0 aliphatic carbocycles. The number of benzene rings is 1. The fraction of sp³-hybridized carbons (Fsp3) is 0.333. The first-order valence-electron chi connectivity index (χ1n) is 4.95. The number of carboxylic acid groups (broad SMARTS) is 2. The molecule has 0 aliphatic heterocycles. The number of aryl methyl sites for hydroxylation is 1. The van der Waals surface area contributed by atoms with Gasteiger partial charge in [-0.3, -0.25) is 0 Å². The van der Waals surface area contributed by atoms with Crippen LogP contribution in [0.2, 0.25) is 0 Å². The molecular formula is C12H12O4-2. The lowest BCUT2D eigenvalue weighted by atomic mass is 9.95. The Balaban J connectivity index is 2.75. The van der Waals surface area contributed by atoms with Crippen molar-refractivity contribution in [2.45, 2.75) is 19.8 Å². The van der Waals surface area contributed by atoms with Gasteiger partial charge in [0.25, 0.3) is 0 Å². The molecular weight excluding hydrogens is 208 g/mol. The molecule has 0 heterocycles. The van der Waals surface area contributed by atoms with Crippen molar-refractivity contribution >= 4 is 11.9 Å². The number of carbonyl (C=O) groups excluding carboxylic acids is 2. The van der Waals surface area contributed by atoms with Gasteiger partial charge < -0.3 is 19.8 Å². The number of carbonyl (C=O) groups is 2. The third-order valence-electron chi connectivity index (χ3n) is 2.31. The molecule has 86 valence electrons. The molecule has 4 heteroatoms. The van der Waals surface area contributed by atoms with Crippen LogP contribution in [0.1, 0.15) is 17.5 Å². The zero-order valence-corrected chi connectivity index (χ0v) is 8.93. The molecule has 0 aliphatic rings. The van der Waals surface area contributed by atoms with Gasteiger partial charge in [-0.05, 0) is 25.3 Å². The van der Waals surface area contributed by atoms with Crippen molar-refractivity contribution in [1.29, 1.82) is 0 Å². The van der Waals surface area contributed by atoms with Gasteiger partial charge in [0, 0.05) is 17.9 Å². The SMILES string of the molecule is Cc1cccc(C[C@@H](CC(=O)[O-])C(=O)[O-])c1. The number of carboxylic acids is 2. The fourth-order valence-electron chi connectivity index (χ4n) is 1.56. The van der Waals surface area contributed by atoms with E-state index in [4.69, 9.17) is 0 Å². The maximum absolute atomic E-state index is 10.7. The van der Waals surface area contributed by atoms with Gasteiger partial charge in [0.05, 0.1) is 0 Å². The van der Waals surface area contributed by atoms with Gasteiger partial charge in [0.2, 0.25) is 0 Å². The summed E-state index contributed by atoms with van der Waals surface area (Å²) < 4.78 is 0. The highest BCUT2D eigenvalue weighted by Gasteiger charge is 2.11. The average Bonchev–Trinajstić information content (AvgIpc) is 2.15. The van der Waals surface area contributed by atoms with E-state index in [1.165, 1.54) is 0 Å². The lowest BCUT2D eigenvalue weighted by Crippen LogP contribution is -2.37. The van der Waals surface area contributed by atoms with Gasteiger partial charge in [0.15, 0.2) is 0 Å². The van der Waals surface area contributed by atoms with Crippen LogP contribution >= 0.6 is 0 Å². The van der Waals surface area contributed by atoms with Crippen LogP contribution in [0, 0.1) is 12.8 Å². The Labute approximate surface area is 93.5 Å². The monoisotopic (exact) mass is 220 g/mol. The largest absolute Gasteiger partial charge is 0.550 e. The Kier molecular flexibility index (Phi) is 4.05. The van der Waals surface area contributed by atoms with Crippen molar-refractivity contribution in [3.8, 4) is 0 Å². The molecule has 0 bridgehead atoms. The number of aliphatic carboxylic acids is 2. The van der Waals surface area contributed by atoms with E-state index in [-0.39, 0.29) is 6.42 Å². The Hall–Kier alpha value is -1.84. The minimum atomic E-state index is -1.37. The Morgan fingerprint density at radius 1 is 1.31 bits per heavy atom. The lowest BCUT2D eigenvalue weighted by Gasteiger charge is -2.18. The highest BCUT2D eigenvalue weighted by molar-refractivity contribution is 5.75. The molecule has 0 aromatic heterocycles. The van der Waals surface area contributed by atoms with Crippen LogP contribution in [-0.4, -0.2) is 11.9 Å². The summed E-state index contributed by atoms with van der Waals surface area (Å²) >= 11 is 0. The van der Waals surface area contributed by atoms with Crippen LogP contribution in [0.5, 0.6) is 0 Å². The number of rotatable bonds is 5. The molecule has 1 atom stereocenters. The first kappa shape index (κ1) is 12.2. The van der Waals surface area contributed by atoms with Gasteiger partial charge in [-0.2, -0.15) is 0 Å². The minimum Gasteiger partial charge on any atom is -0.550 e. The first-order chi connectivity index (χ1) is 7.49. The van der Waals surface area contributed by atoms with Gasteiger partial charge in [0.1, 0.15) is 0 Å². The van der Waals surface area contributed by atoms with Gasteiger partial charge in [-0.15, -0.1) is 0 Å². The standard InChI is InChI=1S/C12H14O4/c1-8-3-2-4-9(5-8)6-10(12(15)16)7-11(13)14/h2-5,10H,6-7H2,1H3,(H,13,14)(H,15,16)/p-2/t10-/m0/s1. The quantitative estimate of drug-likeness (QED) is 0.640. The third kappa shape index (κ3) is 3.73. The van der Waals surface area contributed by atoms with Crippen LogP contribution in [-0.2, 0) is 16.0 Å². The van der Waals surface area contributed by atoms with E-state index in [0.717, 1.165) is 11.1 Å². The summed E-state index contributed by atoms with van der Waals surface area (Å²) in [7, 11) is 0. The van der Waals surface area contributed by atoms with E-state index in [0.29, 0.717) is 0 Å². The Morgan fingerprint density at radius 2 is 2.00 bits per heavy atom. The van der Waals surface area contributed by atoms with E-state index in [1.54, 1.807) is 12.1 Å². The zero-order chi connectivity index (χ0) is 12.1. The second-order valence-electron chi connectivity index (χ2n) is 3.79. The Morgan fingerprint density at radius 3 is 2.50 bits per heavy atom. The van der Waals surface area contributed by atoms with Crippen LogP contribution in [0.4, 0.5) is 0 Å². The molecule has 1 rings (SSSR count). The molecule has 0 unspecified atom stereocenters. The maximum Gasteiger partial charge on any atom is 0.0452 e. The van der Waals surface area contributed by atoms with Crippen LogP contribution in [0.3, 0.4) is 0 Å². The van der Waals surface area contributed by atoms with Crippen molar-refractivity contribution in [2.24, 2.45) is 5.92 Å². The topological polar surface area (TPSA) is 80.3 Å². The summed E-state index contributed by atoms with van der Waals surface area (Å²) in [5.41, 5.74) is 1.79. The summed E-state index contributed by atoms with van der Waals surface area (Å²) in [6.07, 6.45) is -0.367. The fourth-order valence-corrected chi connectivity index (χ4v) is 1.56. The molecule has 0 fully saturated rings. The summed E-state index contributed by atoms with van der Waals surface area (Å²) in [6, 6.07) is 7.27. The average molecular weight is 220 g/mol. The van der Waals surface area contributed by atoms with E-state index in [1.807, 2.05) is 19.1 Å². The summed E-state index contributed by atoms with van der Waals surface area (Å²) in [5.74, 6) is -3.76. The zero-order valence-electron chi connectivity index (χ0n) is 8.93. The van der Waals surface area contributed by atoms with Crippen molar-refractivity contribution in [2.75, 3.05) is 0 Å². The lowest BCUT2D eigenvalue weighted by molar-refractivity contribution is -0.320. The number of hydrogen-bond acceptors (Lipinski definition) is 4. The van der Waals surface area contributed by atoms with E-state index in [9.17, 15) is 19.8 Å². The summed E-state index contributed by atoms with van der Waals surface area (Å²) in [5, 5.41) is 21.1. The molecule has 0 radical (unpaired) electrons. The predicted octanol–water partition coefficient (Wildman–Crippen LogP) is -0.956. The van der Waals surface area contributed by atoms with E-state index in [2.05, 4.69) is 0 Å². The molecule has 0 spiro atoms. The summed E-state index contributed by atoms with van der Waals surface area (Å²) in [6.45, 7) is 1.89.